The molecule has 2 nitrogen and oxygen atoms in total. The Kier molecular flexibility index (Phi) is 2.69. The summed E-state index contributed by atoms with van der Waals surface area (Å²) in [5, 5.41) is 0. The molecule has 13 heavy (non-hydrogen) atoms. The van der Waals surface area contributed by atoms with Crippen LogP contribution >= 0.6 is 0 Å². The molecule has 1 fully saturated rings. The number of nitrogens with zero attached hydrogens (tertiary/aromatic N) is 1. The van der Waals surface area contributed by atoms with E-state index in [0.717, 1.165) is 19.0 Å². The van der Waals surface area contributed by atoms with Crippen LogP contribution in [-0.2, 0) is 4.74 Å². The van der Waals surface area contributed by atoms with Gasteiger partial charge in [-0.25, -0.2) is 0 Å². The zero-order valence-electron chi connectivity index (χ0n) is 9.05. The van der Waals surface area contributed by atoms with E-state index in [-0.39, 0.29) is 5.54 Å². The first-order chi connectivity index (χ1) is 5.93. The minimum atomic E-state index is 0.0863. The molecule has 0 aromatic carbocycles. The Morgan fingerprint density at radius 2 is 2.23 bits per heavy atom. The van der Waals surface area contributed by atoms with Crippen LogP contribution < -0.4 is 0 Å². The fourth-order valence-corrected chi connectivity index (χ4v) is 1.38. The fourth-order valence-electron chi connectivity index (χ4n) is 1.38. The van der Waals surface area contributed by atoms with Crippen LogP contribution in [0.2, 0.25) is 0 Å². The Balaban J connectivity index is 2.66. The number of ether oxygens (including phenoxy) is 1. The summed E-state index contributed by atoms with van der Waals surface area (Å²) in [6.45, 7) is 14.1. The van der Waals surface area contributed by atoms with Crippen LogP contribution in [0.5, 0.6) is 0 Å². The van der Waals surface area contributed by atoms with Gasteiger partial charge in [0, 0.05) is 6.54 Å². The molecule has 0 N–H and O–H groups in total. The average molecular weight is 181 g/mol. The van der Waals surface area contributed by atoms with Crippen molar-refractivity contribution in [1.29, 1.82) is 0 Å². The summed E-state index contributed by atoms with van der Waals surface area (Å²) in [7, 11) is 0. The van der Waals surface area contributed by atoms with Crippen LogP contribution in [0.1, 0.15) is 27.7 Å². The van der Waals surface area contributed by atoms with Gasteiger partial charge >= 0.3 is 0 Å². The molecule has 1 saturated heterocycles. The van der Waals surface area contributed by atoms with E-state index in [4.69, 9.17) is 4.74 Å². The Morgan fingerprint density at radius 3 is 2.62 bits per heavy atom. The highest BCUT2D eigenvalue weighted by Gasteiger charge is 2.34. The summed E-state index contributed by atoms with van der Waals surface area (Å²) in [5.41, 5.74) is 1.42. The third-order valence-corrected chi connectivity index (χ3v) is 2.31. The molecule has 0 amide bonds. The van der Waals surface area contributed by atoms with Gasteiger partial charge in [0.15, 0.2) is 5.88 Å². The molecule has 74 valence electrons. The molecule has 0 bridgehead atoms. The molecule has 1 aliphatic rings. The van der Waals surface area contributed by atoms with Crippen molar-refractivity contribution in [3.63, 3.8) is 0 Å². The normalized spacial score (nSPS) is 20.0. The summed E-state index contributed by atoms with van der Waals surface area (Å²) in [5.74, 6) is 0.794. The van der Waals surface area contributed by atoms with Crippen LogP contribution in [-0.4, -0.2) is 23.6 Å². The quantitative estimate of drug-likeness (QED) is 0.607. The van der Waals surface area contributed by atoms with Gasteiger partial charge < -0.3 is 9.64 Å². The molecule has 0 spiro atoms. The van der Waals surface area contributed by atoms with E-state index in [9.17, 15) is 0 Å². The summed E-state index contributed by atoms with van der Waals surface area (Å²) in [4.78, 5) is 2.19. The Hall–Kier alpha value is -0.920. The van der Waals surface area contributed by atoms with Gasteiger partial charge in [0.2, 0.25) is 0 Å². The average Bonchev–Trinajstić information content (AvgIpc) is 2.23. The van der Waals surface area contributed by atoms with Gasteiger partial charge in [-0.15, -0.1) is 0 Å². The maximum atomic E-state index is 5.42. The van der Waals surface area contributed by atoms with Crippen LogP contribution in [0.3, 0.4) is 0 Å². The topological polar surface area (TPSA) is 12.5 Å². The van der Waals surface area contributed by atoms with Gasteiger partial charge in [-0.1, -0.05) is 11.6 Å². The number of allylic oxidation sites excluding steroid dienone is 1. The summed E-state index contributed by atoms with van der Waals surface area (Å²) < 4.78 is 5.42. The van der Waals surface area contributed by atoms with Crippen molar-refractivity contribution in [2.75, 3.05) is 13.2 Å². The standard InChI is InChI=1S/C11H19NO/c1-9(2)6-7-12-10(3)13-8-11(12,4)5/h6H,3,7-8H2,1-2,4-5H3. The van der Waals surface area contributed by atoms with Crippen LogP contribution in [0, 0.1) is 0 Å². The first kappa shape index (κ1) is 10.2. The lowest BCUT2D eigenvalue weighted by molar-refractivity contribution is 0.235. The zero-order valence-corrected chi connectivity index (χ0v) is 9.05. The molecule has 0 atom stereocenters. The molecule has 0 saturated carbocycles. The van der Waals surface area contributed by atoms with Crippen LogP contribution in [0.4, 0.5) is 0 Å². The van der Waals surface area contributed by atoms with Gasteiger partial charge in [0.1, 0.15) is 6.61 Å². The van der Waals surface area contributed by atoms with E-state index < -0.39 is 0 Å². The lowest BCUT2D eigenvalue weighted by Gasteiger charge is -2.29. The maximum absolute atomic E-state index is 5.42. The Labute approximate surface area is 80.9 Å². The maximum Gasteiger partial charge on any atom is 0.182 e. The Bertz CT molecular complexity index is 236. The second-order valence-electron chi connectivity index (χ2n) is 4.39. The van der Waals surface area contributed by atoms with Crippen molar-refractivity contribution in [1.82, 2.24) is 4.90 Å². The van der Waals surface area contributed by atoms with Gasteiger partial charge in [0.25, 0.3) is 0 Å². The highest BCUT2D eigenvalue weighted by molar-refractivity contribution is 5.06. The molecule has 1 heterocycles. The van der Waals surface area contributed by atoms with Crippen molar-refractivity contribution in [2.24, 2.45) is 0 Å². The first-order valence-electron chi connectivity index (χ1n) is 4.66. The monoisotopic (exact) mass is 181 g/mol. The molecule has 0 aliphatic carbocycles. The summed E-state index contributed by atoms with van der Waals surface area (Å²) in [6.07, 6.45) is 2.20. The van der Waals surface area contributed by atoms with Crippen LogP contribution in [0.15, 0.2) is 24.1 Å². The molecular formula is C11H19NO. The van der Waals surface area contributed by atoms with Crippen LogP contribution in [0.25, 0.3) is 0 Å². The largest absolute Gasteiger partial charge is 0.477 e. The second-order valence-corrected chi connectivity index (χ2v) is 4.39. The minimum Gasteiger partial charge on any atom is -0.477 e. The highest BCUT2D eigenvalue weighted by Crippen LogP contribution is 2.27. The summed E-state index contributed by atoms with van der Waals surface area (Å²) in [6, 6.07) is 0. The van der Waals surface area contributed by atoms with Crippen molar-refractivity contribution >= 4 is 0 Å². The molecular weight excluding hydrogens is 162 g/mol. The molecule has 0 radical (unpaired) electrons. The Morgan fingerprint density at radius 1 is 1.62 bits per heavy atom. The predicted molar refractivity (Wildman–Crippen MR) is 55.3 cm³/mol. The van der Waals surface area contributed by atoms with Gasteiger partial charge in [-0.2, -0.15) is 0 Å². The molecule has 0 aromatic rings. The number of rotatable bonds is 2. The van der Waals surface area contributed by atoms with Gasteiger partial charge in [-0.05, 0) is 34.3 Å². The van der Waals surface area contributed by atoms with E-state index in [1.807, 2.05) is 0 Å². The number of hydrogen-bond acceptors (Lipinski definition) is 2. The second kappa shape index (κ2) is 3.44. The highest BCUT2D eigenvalue weighted by atomic mass is 16.5. The van der Waals surface area contributed by atoms with E-state index in [2.05, 4.69) is 45.2 Å². The lowest BCUT2D eigenvalue weighted by Crippen LogP contribution is -2.39. The molecule has 1 aliphatic heterocycles. The molecule has 1 rings (SSSR count). The van der Waals surface area contributed by atoms with Gasteiger partial charge in [-0.3, -0.25) is 0 Å². The van der Waals surface area contributed by atoms with Gasteiger partial charge in [0.05, 0.1) is 5.54 Å². The van der Waals surface area contributed by atoms with Crippen molar-refractivity contribution in [3.05, 3.63) is 24.1 Å². The third kappa shape index (κ3) is 2.27. The molecule has 0 unspecified atom stereocenters. The first-order valence-corrected chi connectivity index (χ1v) is 4.66. The molecule has 0 aromatic heterocycles. The third-order valence-electron chi connectivity index (χ3n) is 2.31. The SMILES string of the molecule is C=C1OCC(C)(C)N1CC=C(C)C. The smallest absolute Gasteiger partial charge is 0.182 e. The predicted octanol–water partition coefficient (Wildman–Crippen LogP) is 2.53. The van der Waals surface area contributed by atoms with Crippen molar-refractivity contribution < 1.29 is 4.74 Å². The lowest BCUT2D eigenvalue weighted by atomic mass is 10.1. The minimum absolute atomic E-state index is 0.0863. The summed E-state index contributed by atoms with van der Waals surface area (Å²) >= 11 is 0. The van der Waals surface area contributed by atoms with E-state index >= 15 is 0 Å². The zero-order chi connectivity index (χ0) is 10.1. The van der Waals surface area contributed by atoms with Crippen molar-refractivity contribution in [3.8, 4) is 0 Å². The van der Waals surface area contributed by atoms with E-state index in [0.29, 0.717) is 0 Å². The van der Waals surface area contributed by atoms with E-state index in [1.165, 1.54) is 5.57 Å². The molecule has 2 heteroatoms. The number of hydrogen-bond donors (Lipinski definition) is 0. The van der Waals surface area contributed by atoms with E-state index in [1.54, 1.807) is 0 Å². The van der Waals surface area contributed by atoms with Crippen molar-refractivity contribution in [2.45, 2.75) is 33.2 Å². The fraction of sp³-hybridized carbons (Fsp3) is 0.636.